The number of nitrogens with zero attached hydrogens (tertiary/aromatic N) is 1. The van der Waals surface area contributed by atoms with Crippen molar-refractivity contribution in [1.82, 2.24) is 0 Å². The lowest BCUT2D eigenvalue weighted by Gasteiger charge is -2.21. The Morgan fingerprint density at radius 1 is 1.04 bits per heavy atom. The monoisotopic (exact) mass is 383 g/mol. The number of hydrogen-bond donors (Lipinski definition) is 0. The van der Waals surface area contributed by atoms with Crippen LogP contribution in [0, 0.1) is 0 Å². The average Bonchev–Trinajstić information content (AvgIpc) is 2.85. The molecule has 0 N–H and O–H groups in total. The molecule has 23 heavy (non-hydrogen) atoms. The predicted octanol–water partition coefficient (Wildman–Crippen LogP) is 5.58. The lowest BCUT2D eigenvalue weighted by molar-refractivity contribution is -0.113. The van der Waals surface area contributed by atoms with Crippen LogP contribution in [0.15, 0.2) is 70.6 Å². The summed E-state index contributed by atoms with van der Waals surface area (Å²) in [6, 6.07) is 18.0. The Hall–Kier alpha value is -1.13. The van der Waals surface area contributed by atoms with Gasteiger partial charge in [-0.25, -0.2) is 0 Å². The van der Waals surface area contributed by atoms with Crippen LogP contribution in [0.2, 0.25) is 0 Å². The zero-order valence-corrected chi connectivity index (χ0v) is 15.0. The first kappa shape index (κ1) is 16.7. The third kappa shape index (κ3) is 3.86. The molecule has 0 radical (unpaired) electrons. The van der Waals surface area contributed by atoms with Crippen molar-refractivity contribution >= 4 is 58.0 Å². The molecule has 2 nitrogen and oxygen atoms in total. The van der Waals surface area contributed by atoms with Gasteiger partial charge >= 0.3 is 0 Å². The van der Waals surface area contributed by atoms with E-state index in [1.165, 1.54) is 17.8 Å². The fourth-order valence-corrected chi connectivity index (χ4v) is 3.54. The third-order valence-corrected chi connectivity index (χ3v) is 5.03. The van der Waals surface area contributed by atoms with E-state index in [9.17, 15) is 4.79 Å². The van der Waals surface area contributed by atoms with Crippen LogP contribution >= 0.6 is 46.6 Å². The van der Waals surface area contributed by atoms with Crippen molar-refractivity contribution in [3.63, 3.8) is 0 Å². The molecule has 0 bridgehead atoms. The lowest BCUT2D eigenvalue weighted by Crippen LogP contribution is -2.21. The Labute approximate surface area is 154 Å². The Kier molecular flexibility index (Phi) is 4.93. The number of thioether (sulfide) groups is 1. The molecule has 0 spiro atoms. The van der Waals surface area contributed by atoms with E-state index < -0.39 is 9.58 Å². The standard InChI is InChI=1S/C17H12Cl3NOS/c18-17(19,20)15(22)10-16-21(11-12-6-2-1-3-7-12)13-8-4-5-9-14(13)23-16/h1-10H,11H2. The maximum atomic E-state index is 12.1. The molecule has 0 saturated carbocycles. The topological polar surface area (TPSA) is 20.3 Å². The van der Waals surface area contributed by atoms with Gasteiger partial charge < -0.3 is 4.90 Å². The molecule has 1 heterocycles. The Morgan fingerprint density at radius 2 is 1.70 bits per heavy atom. The summed E-state index contributed by atoms with van der Waals surface area (Å²) in [7, 11) is 0. The summed E-state index contributed by atoms with van der Waals surface area (Å²) in [5, 5.41) is 0.756. The number of ketones is 1. The van der Waals surface area contributed by atoms with Crippen LogP contribution in [0.1, 0.15) is 5.56 Å². The zero-order chi connectivity index (χ0) is 16.4. The second kappa shape index (κ2) is 6.78. The summed E-state index contributed by atoms with van der Waals surface area (Å²) in [5.74, 6) is -0.545. The summed E-state index contributed by atoms with van der Waals surface area (Å²) < 4.78 is -1.94. The Bertz CT molecular complexity index is 756. The van der Waals surface area contributed by atoms with Gasteiger partial charge in [0.15, 0.2) is 0 Å². The Balaban J connectivity index is 1.96. The van der Waals surface area contributed by atoms with Crippen molar-refractivity contribution < 1.29 is 4.79 Å². The average molecular weight is 385 g/mol. The van der Waals surface area contributed by atoms with Crippen molar-refractivity contribution in [1.29, 1.82) is 0 Å². The maximum Gasteiger partial charge on any atom is 0.252 e. The third-order valence-electron chi connectivity index (χ3n) is 3.35. The molecule has 0 unspecified atom stereocenters. The first-order chi connectivity index (χ1) is 10.9. The van der Waals surface area contributed by atoms with Crippen molar-refractivity contribution in [2.75, 3.05) is 4.90 Å². The first-order valence-corrected chi connectivity index (χ1v) is 8.81. The molecule has 0 fully saturated rings. The van der Waals surface area contributed by atoms with Gasteiger partial charge in [0.05, 0.1) is 10.7 Å². The molecule has 0 saturated heterocycles. The molecule has 1 aliphatic heterocycles. The van der Waals surface area contributed by atoms with Crippen LogP contribution in [0.5, 0.6) is 0 Å². The minimum atomic E-state index is -1.94. The molecule has 2 aromatic rings. The molecule has 0 amide bonds. The summed E-state index contributed by atoms with van der Waals surface area (Å²) in [5.41, 5.74) is 2.18. The SMILES string of the molecule is O=C(C=C1Sc2ccccc2N1Cc1ccccc1)C(Cl)(Cl)Cl. The van der Waals surface area contributed by atoms with Gasteiger partial charge in [-0.3, -0.25) is 4.79 Å². The highest BCUT2D eigenvalue weighted by Crippen LogP contribution is 2.47. The zero-order valence-electron chi connectivity index (χ0n) is 11.9. The highest BCUT2D eigenvalue weighted by atomic mass is 35.6. The number of anilines is 1. The minimum absolute atomic E-state index is 0.545. The number of allylic oxidation sites excluding steroid dienone is 1. The highest BCUT2D eigenvalue weighted by Gasteiger charge is 2.32. The molecule has 0 aliphatic carbocycles. The molecule has 2 aromatic carbocycles. The van der Waals surface area contributed by atoms with E-state index in [-0.39, 0.29) is 0 Å². The molecule has 118 valence electrons. The number of halogens is 3. The molecule has 6 heteroatoms. The van der Waals surface area contributed by atoms with E-state index in [1.54, 1.807) is 0 Å². The van der Waals surface area contributed by atoms with Gasteiger partial charge in [0.1, 0.15) is 0 Å². The van der Waals surface area contributed by atoms with Crippen LogP contribution in [-0.2, 0) is 11.3 Å². The molecular formula is C17H12Cl3NOS. The highest BCUT2D eigenvalue weighted by molar-refractivity contribution is 8.03. The van der Waals surface area contributed by atoms with Gasteiger partial charge in [-0.1, -0.05) is 89.0 Å². The van der Waals surface area contributed by atoms with E-state index in [2.05, 4.69) is 4.90 Å². The van der Waals surface area contributed by atoms with E-state index in [0.29, 0.717) is 6.54 Å². The number of para-hydroxylation sites is 1. The van der Waals surface area contributed by atoms with Crippen molar-refractivity contribution in [3.05, 3.63) is 71.3 Å². The lowest BCUT2D eigenvalue weighted by atomic mass is 10.2. The molecule has 1 aliphatic rings. The summed E-state index contributed by atoms with van der Waals surface area (Å²) in [6.07, 6.45) is 1.40. The first-order valence-electron chi connectivity index (χ1n) is 6.86. The van der Waals surface area contributed by atoms with Gasteiger partial charge in [-0.05, 0) is 17.7 Å². The fourth-order valence-electron chi connectivity index (χ4n) is 2.28. The number of hydrogen-bond acceptors (Lipinski definition) is 3. The van der Waals surface area contributed by atoms with Crippen LogP contribution in [-0.4, -0.2) is 9.58 Å². The normalized spacial score (nSPS) is 15.8. The maximum absolute atomic E-state index is 12.1. The number of carbonyl (C=O) groups excluding carboxylic acids is 1. The smallest absolute Gasteiger partial charge is 0.252 e. The van der Waals surface area contributed by atoms with Gasteiger partial charge in [0.2, 0.25) is 5.78 Å². The Morgan fingerprint density at radius 3 is 2.39 bits per heavy atom. The number of benzene rings is 2. The quantitative estimate of drug-likeness (QED) is 0.509. The van der Waals surface area contributed by atoms with Crippen LogP contribution in [0.3, 0.4) is 0 Å². The molecule has 0 atom stereocenters. The van der Waals surface area contributed by atoms with Crippen molar-refractivity contribution in [2.45, 2.75) is 15.2 Å². The van der Waals surface area contributed by atoms with Crippen LogP contribution < -0.4 is 4.90 Å². The van der Waals surface area contributed by atoms with Gasteiger partial charge in [0, 0.05) is 17.5 Å². The summed E-state index contributed by atoms with van der Waals surface area (Å²) >= 11 is 18.6. The summed E-state index contributed by atoms with van der Waals surface area (Å²) in [6.45, 7) is 0.643. The number of carbonyl (C=O) groups is 1. The van der Waals surface area contributed by atoms with Gasteiger partial charge in [-0.2, -0.15) is 0 Å². The number of fused-ring (bicyclic) bond motifs is 1. The van der Waals surface area contributed by atoms with Gasteiger partial charge in [0.25, 0.3) is 3.79 Å². The fraction of sp³-hybridized carbons (Fsp3) is 0.118. The number of alkyl halides is 3. The minimum Gasteiger partial charge on any atom is -0.330 e. The van der Waals surface area contributed by atoms with Crippen LogP contribution in [0.25, 0.3) is 0 Å². The largest absolute Gasteiger partial charge is 0.330 e. The van der Waals surface area contributed by atoms with E-state index in [0.717, 1.165) is 21.2 Å². The summed E-state index contributed by atoms with van der Waals surface area (Å²) in [4.78, 5) is 15.2. The predicted molar refractivity (Wildman–Crippen MR) is 98.3 cm³/mol. The second-order valence-electron chi connectivity index (χ2n) is 4.99. The molecule has 0 aromatic heterocycles. The van der Waals surface area contributed by atoms with Crippen molar-refractivity contribution in [3.8, 4) is 0 Å². The van der Waals surface area contributed by atoms with E-state index >= 15 is 0 Å². The second-order valence-corrected chi connectivity index (χ2v) is 8.33. The van der Waals surface area contributed by atoms with E-state index in [1.807, 2.05) is 54.6 Å². The van der Waals surface area contributed by atoms with E-state index in [4.69, 9.17) is 34.8 Å². The number of rotatable bonds is 3. The van der Waals surface area contributed by atoms with Crippen molar-refractivity contribution in [2.24, 2.45) is 0 Å². The molecule has 3 rings (SSSR count). The molecular weight excluding hydrogens is 373 g/mol. The van der Waals surface area contributed by atoms with Gasteiger partial charge in [-0.15, -0.1) is 0 Å². The van der Waals surface area contributed by atoms with Crippen LogP contribution in [0.4, 0.5) is 5.69 Å².